The standard InChI is InChI=1S/C18H22N2O4S/c1-12(2)13-3-5-15(6-4-13)24-8-7-19-16(21)10-17-20-14(11-25-17)9-18(22)23/h3-6,11-12H,7-10H2,1-2H3,(H,19,21)(H,22,23). The highest BCUT2D eigenvalue weighted by molar-refractivity contribution is 7.09. The van der Waals surface area contributed by atoms with Gasteiger partial charge in [0.15, 0.2) is 0 Å². The second-order valence-corrected chi connectivity index (χ2v) is 6.84. The van der Waals surface area contributed by atoms with Crippen molar-refractivity contribution in [1.82, 2.24) is 10.3 Å². The quantitative estimate of drug-likeness (QED) is 0.670. The Labute approximate surface area is 150 Å². The Hall–Kier alpha value is -2.41. The van der Waals surface area contributed by atoms with Crippen molar-refractivity contribution in [1.29, 1.82) is 0 Å². The van der Waals surface area contributed by atoms with Gasteiger partial charge >= 0.3 is 5.97 Å². The minimum atomic E-state index is -0.931. The van der Waals surface area contributed by atoms with Gasteiger partial charge in [-0.15, -0.1) is 11.3 Å². The third-order valence-corrected chi connectivity index (χ3v) is 4.38. The van der Waals surface area contributed by atoms with Crippen LogP contribution in [0.1, 0.15) is 36.0 Å². The Morgan fingerprint density at radius 2 is 1.96 bits per heavy atom. The van der Waals surface area contributed by atoms with Crippen LogP contribution in [0.5, 0.6) is 5.75 Å². The van der Waals surface area contributed by atoms with E-state index in [9.17, 15) is 9.59 Å². The number of ether oxygens (including phenoxy) is 1. The molecule has 6 nitrogen and oxygen atoms in total. The summed E-state index contributed by atoms with van der Waals surface area (Å²) in [6.07, 6.45) is 0.0227. The lowest BCUT2D eigenvalue weighted by Crippen LogP contribution is -2.29. The van der Waals surface area contributed by atoms with Crippen molar-refractivity contribution < 1.29 is 19.4 Å². The molecule has 2 N–H and O–H groups in total. The van der Waals surface area contributed by atoms with Crippen molar-refractivity contribution in [3.8, 4) is 5.75 Å². The summed E-state index contributed by atoms with van der Waals surface area (Å²) < 4.78 is 5.60. The molecule has 0 bridgehead atoms. The predicted molar refractivity (Wildman–Crippen MR) is 96.2 cm³/mol. The van der Waals surface area contributed by atoms with Gasteiger partial charge in [-0.25, -0.2) is 4.98 Å². The second kappa shape index (κ2) is 9.17. The lowest BCUT2D eigenvalue weighted by molar-refractivity contribution is -0.136. The zero-order valence-electron chi connectivity index (χ0n) is 14.3. The van der Waals surface area contributed by atoms with Crippen LogP contribution in [0.4, 0.5) is 0 Å². The van der Waals surface area contributed by atoms with E-state index in [0.717, 1.165) is 5.75 Å². The maximum atomic E-state index is 11.9. The number of hydrogen-bond acceptors (Lipinski definition) is 5. The molecule has 0 aliphatic rings. The number of carbonyl (C=O) groups is 2. The zero-order valence-corrected chi connectivity index (χ0v) is 15.1. The van der Waals surface area contributed by atoms with Crippen LogP contribution in [0.25, 0.3) is 0 Å². The molecule has 1 amide bonds. The van der Waals surface area contributed by atoms with E-state index < -0.39 is 5.97 Å². The second-order valence-electron chi connectivity index (χ2n) is 5.90. The van der Waals surface area contributed by atoms with Gasteiger partial charge in [-0.05, 0) is 23.6 Å². The molecule has 2 aromatic rings. The predicted octanol–water partition coefficient (Wildman–Crippen LogP) is 2.63. The van der Waals surface area contributed by atoms with Gasteiger partial charge in [0.25, 0.3) is 0 Å². The molecule has 0 spiro atoms. The van der Waals surface area contributed by atoms with Gasteiger partial charge < -0.3 is 15.2 Å². The summed E-state index contributed by atoms with van der Waals surface area (Å²) in [6, 6.07) is 7.93. The largest absolute Gasteiger partial charge is 0.492 e. The molecule has 0 fully saturated rings. The number of aliphatic carboxylic acids is 1. The molecule has 0 aliphatic carbocycles. The summed E-state index contributed by atoms with van der Waals surface area (Å²) in [6.45, 7) is 5.06. The summed E-state index contributed by atoms with van der Waals surface area (Å²) in [5.74, 6) is 0.168. The highest BCUT2D eigenvalue weighted by Crippen LogP contribution is 2.18. The smallest absolute Gasteiger partial charge is 0.309 e. The van der Waals surface area contributed by atoms with Crippen LogP contribution in [0, 0.1) is 0 Å². The first kappa shape index (κ1) is 18.9. The van der Waals surface area contributed by atoms with E-state index in [1.165, 1.54) is 16.9 Å². The molecule has 7 heteroatoms. The molecule has 0 unspecified atom stereocenters. The lowest BCUT2D eigenvalue weighted by atomic mass is 10.0. The van der Waals surface area contributed by atoms with E-state index in [1.807, 2.05) is 24.3 Å². The number of aromatic nitrogens is 1. The number of benzene rings is 1. The fourth-order valence-electron chi connectivity index (χ4n) is 2.17. The number of amides is 1. The van der Waals surface area contributed by atoms with Crippen LogP contribution in [0.2, 0.25) is 0 Å². The molecule has 1 aromatic carbocycles. The molecule has 134 valence electrons. The first-order valence-corrected chi connectivity index (χ1v) is 8.96. The summed E-state index contributed by atoms with van der Waals surface area (Å²) in [4.78, 5) is 26.6. The monoisotopic (exact) mass is 362 g/mol. The summed E-state index contributed by atoms with van der Waals surface area (Å²) in [5.41, 5.74) is 1.74. The fourth-order valence-corrected chi connectivity index (χ4v) is 2.97. The van der Waals surface area contributed by atoms with Crippen LogP contribution in [-0.4, -0.2) is 35.1 Å². The van der Waals surface area contributed by atoms with Gasteiger partial charge in [0.2, 0.25) is 5.91 Å². The van der Waals surface area contributed by atoms with Crippen molar-refractivity contribution in [2.24, 2.45) is 0 Å². The van der Waals surface area contributed by atoms with Crippen molar-refractivity contribution >= 4 is 23.2 Å². The lowest BCUT2D eigenvalue weighted by Gasteiger charge is -2.09. The Kier molecular flexibility index (Phi) is 6.94. The summed E-state index contributed by atoms with van der Waals surface area (Å²) >= 11 is 1.29. The zero-order chi connectivity index (χ0) is 18.2. The molecule has 1 heterocycles. The number of carboxylic acid groups (broad SMARTS) is 1. The topological polar surface area (TPSA) is 88.5 Å². The first-order valence-electron chi connectivity index (χ1n) is 8.08. The van der Waals surface area contributed by atoms with Gasteiger partial charge in [-0.3, -0.25) is 9.59 Å². The number of nitrogens with zero attached hydrogens (tertiary/aromatic N) is 1. The molecule has 0 saturated carbocycles. The normalized spacial score (nSPS) is 10.7. The van der Waals surface area contributed by atoms with Crippen molar-refractivity contribution in [3.63, 3.8) is 0 Å². The molecule has 0 aliphatic heterocycles. The highest BCUT2D eigenvalue weighted by Gasteiger charge is 2.09. The van der Waals surface area contributed by atoms with Gasteiger partial charge in [-0.1, -0.05) is 26.0 Å². The number of rotatable bonds is 9. The van der Waals surface area contributed by atoms with E-state index in [4.69, 9.17) is 9.84 Å². The molecular formula is C18H22N2O4S. The van der Waals surface area contributed by atoms with Crippen molar-refractivity contribution in [2.75, 3.05) is 13.2 Å². The molecular weight excluding hydrogens is 340 g/mol. The average molecular weight is 362 g/mol. The van der Waals surface area contributed by atoms with Gasteiger partial charge in [0.1, 0.15) is 17.4 Å². The number of carboxylic acids is 1. The van der Waals surface area contributed by atoms with E-state index in [1.54, 1.807) is 5.38 Å². The maximum Gasteiger partial charge on any atom is 0.309 e. The van der Waals surface area contributed by atoms with Crippen LogP contribution < -0.4 is 10.1 Å². The Morgan fingerprint density at radius 1 is 1.24 bits per heavy atom. The fraction of sp³-hybridized carbons (Fsp3) is 0.389. The molecule has 2 rings (SSSR count). The third-order valence-electron chi connectivity index (χ3n) is 3.48. The number of nitrogens with one attached hydrogen (secondary N) is 1. The number of carbonyl (C=O) groups excluding carboxylic acids is 1. The van der Waals surface area contributed by atoms with Crippen LogP contribution in [0.15, 0.2) is 29.6 Å². The van der Waals surface area contributed by atoms with Gasteiger partial charge in [0, 0.05) is 5.38 Å². The SMILES string of the molecule is CC(C)c1ccc(OCCNC(=O)Cc2nc(CC(=O)O)cs2)cc1. The Morgan fingerprint density at radius 3 is 2.60 bits per heavy atom. The molecule has 0 radical (unpaired) electrons. The molecule has 25 heavy (non-hydrogen) atoms. The summed E-state index contributed by atoms with van der Waals surface area (Å²) in [7, 11) is 0. The average Bonchev–Trinajstić information content (AvgIpc) is 2.98. The first-order chi connectivity index (χ1) is 11.9. The molecule has 0 saturated heterocycles. The van der Waals surface area contributed by atoms with Crippen molar-refractivity contribution in [3.05, 3.63) is 45.9 Å². The van der Waals surface area contributed by atoms with Crippen LogP contribution in [-0.2, 0) is 22.4 Å². The Balaban J connectivity index is 1.68. The maximum absolute atomic E-state index is 11.9. The highest BCUT2D eigenvalue weighted by atomic mass is 32.1. The third kappa shape index (κ3) is 6.54. The van der Waals surface area contributed by atoms with E-state index >= 15 is 0 Å². The van der Waals surface area contributed by atoms with Crippen LogP contribution >= 0.6 is 11.3 Å². The van der Waals surface area contributed by atoms with Crippen LogP contribution in [0.3, 0.4) is 0 Å². The Bertz CT molecular complexity index is 710. The minimum Gasteiger partial charge on any atom is -0.492 e. The number of thiazole rings is 1. The van der Waals surface area contributed by atoms with E-state index in [-0.39, 0.29) is 18.7 Å². The van der Waals surface area contributed by atoms with Gasteiger partial charge in [0.05, 0.1) is 25.1 Å². The van der Waals surface area contributed by atoms with E-state index in [2.05, 4.69) is 24.1 Å². The summed E-state index contributed by atoms with van der Waals surface area (Å²) in [5, 5.41) is 13.8. The van der Waals surface area contributed by atoms with Gasteiger partial charge in [-0.2, -0.15) is 0 Å². The number of hydrogen-bond donors (Lipinski definition) is 2. The van der Waals surface area contributed by atoms with E-state index in [0.29, 0.717) is 29.8 Å². The molecule has 1 aromatic heterocycles. The minimum absolute atomic E-state index is 0.123. The van der Waals surface area contributed by atoms with Crippen molar-refractivity contribution in [2.45, 2.75) is 32.6 Å². The molecule has 0 atom stereocenters.